The van der Waals surface area contributed by atoms with E-state index in [9.17, 15) is 13.2 Å². The van der Waals surface area contributed by atoms with Gasteiger partial charge in [0.25, 0.3) is 0 Å². The zero-order valence-corrected chi connectivity index (χ0v) is 9.09. The van der Waals surface area contributed by atoms with Crippen molar-refractivity contribution in [3.8, 4) is 0 Å². The first-order valence-corrected chi connectivity index (χ1v) is 5.39. The molecule has 0 aliphatic carbocycles. The van der Waals surface area contributed by atoms with Crippen molar-refractivity contribution in [2.24, 2.45) is 5.92 Å². The number of halogens is 3. The summed E-state index contributed by atoms with van der Waals surface area (Å²) in [6.07, 6.45) is -3.30. The van der Waals surface area contributed by atoms with Gasteiger partial charge in [-0.2, -0.15) is 13.2 Å². The van der Waals surface area contributed by atoms with Gasteiger partial charge in [-0.3, -0.25) is 0 Å². The smallest absolute Gasteiger partial charge is 0.371 e. The molecular weight excluding hydrogens is 215 g/mol. The molecular formula is C12H14F3N. The lowest BCUT2D eigenvalue weighted by Crippen LogP contribution is -2.22. The molecule has 88 valence electrons. The van der Waals surface area contributed by atoms with Gasteiger partial charge in [0, 0.05) is 18.8 Å². The van der Waals surface area contributed by atoms with Gasteiger partial charge in [-0.25, -0.2) is 0 Å². The van der Waals surface area contributed by atoms with Crippen molar-refractivity contribution in [3.63, 3.8) is 0 Å². The Balaban J connectivity index is 2.34. The van der Waals surface area contributed by atoms with E-state index in [2.05, 4.69) is 6.92 Å². The number of para-hydroxylation sites is 1. The van der Waals surface area contributed by atoms with E-state index in [-0.39, 0.29) is 0 Å². The average molecular weight is 229 g/mol. The number of benzene rings is 1. The molecule has 16 heavy (non-hydrogen) atoms. The van der Waals surface area contributed by atoms with E-state index in [1.54, 1.807) is 12.1 Å². The first kappa shape index (κ1) is 11.3. The Morgan fingerprint density at radius 1 is 1.25 bits per heavy atom. The van der Waals surface area contributed by atoms with Gasteiger partial charge in [-0.1, -0.05) is 19.1 Å². The molecule has 0 aromatic heterocycles. The molecule has 1 heterocycles. The second-order valence-corrected chi connectivity index (χ2v) is 4.35. The number of hydrogen-bond donors (Lipinski definition) is 0. The van der Waals surface area contributed by atoms with E-state index < -0.39 is 11.7 Å². The fourth-order valence-corrected chi connectivity index (χ4v) is 2.14. The molecule has 0 N–H and O–H groups in total. The van der Waals surface area contributed by atoms with Gasteiger partial charge in [0.15, 0.2) is 0 Å². The molecule has 1 nitrogen and oxygen atoms in total. The van der Waals surface area contributed by atoms with Crippen LogP contribution in [-0.4, -0.2) is 13.1 Å². The predicted molar refractivity (Wildman–Crippen MR) is 57.4 cm³/mol. The van der Waals surface area contributed by atoms with Crippen LogP contribution < -0.4 is 4.90 Å². The van der Waals surface area contributed by atoms with Crippen molar-refractivity contribution in [2.45, 2.75) is 19.5 Å². The lowest BCUT2D eigenvalue weighted by atomic mass is 10.1. The Morgan fingerprint density at radius 3 is 2.50 bits per heavy atom. The maximum atomic E-state index is 12.8. The van der Waals surface area contributed by atoms with Gasteiger partial charge in [0.05, 0.1) is 5.56 Å². The van der Waals surface area contributed by atoms with Crippen LogP contribution in [0.3, 0.4) is 0 Å². The lowest BCUT2D eigenvalue weighted by Gasteiger charge is -2.22. The lowest BCUT2D eigenvalue weighted by molar-refractivity contribution is -0.137. The number of hydrogen-bond acceptors (Lipinski definition) is 1. The third-order valence-corrected chi connectivity index (χ3v) is 2.97. The van der Waals surface area contributed by atoms with Crippen LogP contribution in [0.1, 0.15) is 18.9 Å². The van der Waals surface area contributed by atoms with E-state index in [1.807, 2.05) is 4.90 Å². The van der Waals surface area contributed by atoms with Gasteiger partial charge in [0.2, 0.25) is 0 Å². The van der Waals surface area contributed by atoms with Crippen LogP contribution in [0.4, 0.5) is 18.9 Å². The summed E-state index contributed by atoms with van der Waals surface area (Å²) in [4.78, 5) is 1.83. The highest BCUT2D eigenvalue weighted by Crippen LogP contribution is 2.37. The minimum absolute atomic E-state index is 0.319. The standard InChI is InChI=1S/C12H14F3N/c1-9-6-7-16(8-9)11-5-3-2-4-10(11)12(13,14)15/h2-5,9H,6-8H2,1H3/t9-/m0/s1. The first-order chi connectivity index (χ1) is 7.48. The molecule has 1 fully saturated rings. The summed E-state index contributed by atoms with van der Waals surface area (Å²) >= 11 is 0. The van der Waals surface area contributed by atoms with Crippen LogP contribution in [0.5, 0.6) is 0 Å². The normalized spacial score (nSPS) is 21.5. The van der Waals surface area contributed by atoms with Crippen LogP contribution in [0, 0.1) is 5.92 Å². The van der Waals surface area contributed by atoms with Crippen molar-refractivity contribution in [1.82, 2.24) is 0 Å². The number of anilines is 1. The largest absolute Gasteiger partial charge is 0.418 e. The first-order valence-electron chi connectivity index (χ1n) is 5.39. The Morgan fingerprint density at radius 2 is 1.94 bits per heavy atom. The van der Waals surface area contributed by atoms with Gasteiger partial charge in [0.1, 0.15) is 0 Å². The van der Waals surface area contributed by atoms with Crippen LogP contribution in [0.25, 0.3) is 0 Å². The van der Waals surface area contributed by atoms with Crippen molar-refractivity contribution in [2.75, 3.05) is 18.0 Å². The molecule has 1 aromatic rings. The molecule has 0 unspecified atom stereocenters. The number of nitrogens with zero attached hydrogens (tertiary/aromatic N) is 1. The van der Waals surface area contributed by atoms with E-state index in [4.69, 9.17) is 0 Å². The summed E-state index contributed by atoms with van der Waals surface area (Å²) in [6.45, 7) is 3.50. The minimum atomic E-state index is -4.26. The third kappa shape index (κ3) is 2.15. The highest BCUT2D eigenvalue weighted by molar-refractivity contribution is 5.55. The monoisotopic (exact) mass is 229 g/mol. The summed E-state index contributed by atoms with van der Waals surface area (Å²) in [7, 11) is 0. The zero-order valence-electron chi connectivity index (χ0n) is 9.09. The van der Waals surface area contributed by atoms with Crippen molar-refractivity contribution in [1.29, 1.82) is 0 Å². The van der Waals surface area contributed by atoms with Gasteiger partial charge in [-0.05, 0) is 24.5 Å². The molecule has 1 aliphatic rings. The van der Waals surface area contributed by atoms with E-state index >= 15 is 0 Å². The maximum absolute atomic E-state index is 12.8. The fraction of sp³-hybridized carbons (Fsp3) is 0.500. The highest BCUT2D eigenvalue weighted by atomic mass is 19.4. The minimum Gasteiger partial charge on any atom is -0.371 e. The summed E-state index contributed by atoms with van der Waals surface area (Å²) in [5.74, 6) is 0.473. The van der Waals surface area contributed by atoms with Crippen molar-refractivity contribution < 1.29 is 13.2 Å². The number of rotatable bonds is 1. The molecule has 0 spiro atoms. The molecule has 4 heteroatoms. The number of alkyl halides is 3. The quantitative estimate of drug-likeness (QED) is 0.711. The van der Waals surface area contributed by atoms with Crippen LogP contribution in [-0.2, 0) is 6.18 Å². The molecule has 0 bridgehead atoms. The highest BCUT2D eigenvalue weighted by Gasteiger charge is 2.35. The van der Waals surface area contributed by atoms with Gasteiger partial charge >= 0.3 is 6.18 Å². The fourth-order valence-electron chi connectivity index (χ4n) is 2.14. The van der Waals surface area contributed by atoms with Gasteiger partial charge in [-0.15, -0.1) is 0 Å². The molecule has 1 saturated heterocycles. The van der Waals surface area contributed by atoms with E-state index in [1.165, 1.54) is 6.07 Å². The summed E-state index contributed by atoms with van der Waals surface area (Å²) < 4.78 is 38.3. The Kier molecular flexibility index (Phi) is 2.82. The second-order valence-electron chi connectivity index (χ2n) is 4.35. The average Bonchev–Trinajstić information content (AvgIpc) is 2.64. The Hall–Kier alpha value is -1.19. The Bertz CT molecular complexity index is 373. The van der Waals surface area contributed by atoms with Crippen LogP contribution in [0.15, 0.2) is 24.3 Å². The predicted octanol–water partition coefficient (Wildman–Crippen LogP) is 3.55. The molecule has 2 rings (SSSR count). The molecule has 0 saturated carbocycles. The second kappa shape index (κ2) is 4.00. The summed E-state index contributed by atoms with van der Waals surface area (Å²) in [5.41, 5.74) is -0.205. The zero-order chi connectivity index (χ0) is 11.8. The van der Waals surface area contributed by atoms with Crippen molar-refractivity contribution >= 4 is 5.69 Å². The molecule has 1 aliphatic heterocycles. The molecule has 1 aromatic carbocycles. The topological polar surface area (TPSA) is 3.24 Å². The molecule has 1 atom stereocenters. The molecule has 0 radical (unpaired) electrons. The van der Waals surface area contributed by atoms with Crippen molar-refractivity contribution in [3.05, 3.63) is 29.8 Å². The van der Waals surface area contributed by atoms with Gasteiger partial charge < -0.3 is 4.90 Å². The SMILES string of the molecule is C[C@H]1CCN(c2ccccc2C(F)(F)F)C1. The Labute approximate surface area is 92.9 Å². The summed E-state index contributed by atoms with van der Waals surface area (Å²) in [6, 6.07) is 5.80. The third-order valence-electron chi connectivity index (χ3n) is 2.97. The van der Waals surface area contributed by atoms with E-state index in [0.717, 1.165) is 12.5 Å². The molecule has 0 amide bonds. The summed E-state index contributed by atoms with van der Waals surface area (Å²) in [5, 5.41) is 0. The van der Waals surface area contributed by atoms with E-state index in [0.29, 0.717) is 24.7 Å². The maximum Gasteiger partial charge on any atom is 0.418 e. The van der Waals surface area contributed by atoms with Crippen LogP contribution >= 0.6 is 0 Å². The van der Waals surface area contributed by atoms with Crippen LogP contribution in [0.2, 0.25) is 0 Å².